The van der Waals surface area contributed by atoms with Crippen LogP contribution in [0.2, 0.25) is 0 Å². The summed E-state index contributed by atoms with van der Waals surface area (Å²) in [5.41, 5.74) is 1.19. The fourth-order valence-corrected chi connectivity index (χ4v) is 1.75. The fourth-order valence-electron chi connectivity index (χ4n) is 1.75. The minimum Gasteiger partial charge on any atom is -0.493 e. The van der Waals surface area contributed by atoms with Crippen LogP contribution < -0.4 is 14.8 Å². The standard InChI is InChI=1S/C16H27NO3/c1-5-19-9-6-10-20-16-11-14(12-17-13(2)3)7-8-15(16)18-4/h7-8,11,13,17H,5-6,9-10,12H2,1-4H3. The summed E-state index contributed by atoms with van der Waals surface area (Å²) in [6.07, 6.45) is 0.880. The number of methoxy groups -OCH3 is 1. The number of nitrogens with one attached hydrogen (secondary N) is 1. The Morgan fingerprint density at radius 1 is 1.15 bits per heavy atom. The van der Waals surface area contributed by atoms with E-state index in [1.165, 1.54) is 5.56 Å². The monoisotopic (exact) mass is 281 g/mol. The lowest BCUT2D eigenvalue weighted by Crippen LogP contribution is -2.21. The Kier molecular flexibility index (Phi) is 8.07. The van der Waals surface area contributed by atoms with Crippen LogP contribution in [0.3, 0.4) is 0 Å². The van der Waals surface area contributed by atoms with Crippen LogP contribution in [0.15, 0.2) is 18.2 Å². The van der Waals surface area contributed by atoms with Gasteiger partial charge in [-0.25, -0.2) is 0 Å². The molecule has 0 aromatic heterocycles. The van der Waals surface area contributed by atoms with Crippen molar-refractivity contribution in [3.05, 3.63) is 23.8 Å². The fraction of sp³-hybridized carbons (Fsp3) is 0.625. The third-order valence-electron chi connectivity index (χ3n) is 2.84. The molecule has 0 unspecified atom stereocenters. The van der Waals surface area contributed by atoms with E-state index in [4.69, 9.17) is 14.2 Å². The highest BCUT2D eigenvalue weighted by Gasteiger charge is 2.06. The Morgan fingerprint density at radius 2 is 1.95 bits per heavy atom. The molecule has 0 amide bonds. The summed E-state index contributed by atoms with van der Waals surface area (Å²) in [6.45, 7) is 9.21. The van der Waals surface area contributed by atoms with E-state index in [1.807, 2.05) is 19.1 Å². The smallest absolute Gasteiger partial charge is 0.161 e. The summed E-state index contributed by atoms with van der Waals surface area (Å²) in [4.78, 5) is 0. The van der Waals surface area contributed by atoms with Gasteiger partial charge in [0.2, 0.25) is 0 Å². The summed E-state index contributed by atoms with van der Waals surface area (Å²) in [7, 11) is 1.66. The molecule has 0 spiro atoms. The zero-order valence-electron chi connectivity index (χ0n) is 13.1. The van der Waals surface area contributed by atoms with Gasteiger partial charge in [0.1, 0.15) is 0 Å². The Morgan fingerprint density at radius 3 is 2.60 bits per heavy atom. The molecule has 20 heavy (non-hydrogen) atoms. The molecular formula is C16H27NO3. The third-order valence-corrected chi connectivity index (χ3v) is 2.84. The zero-order valence-corrected chi connectivity index (χ0v) is 13.1. The average Bonchev–Trinajstić information content (AvgIpc) is 2.45. The molecule has 0 saturated carbocycles. The first-order chi connectivity index (χ1) is 9.67. The van der Waals surface area contributed by atoms with Crippen molar-refractivity contribution in [2.24, 2.45) is 0 Å². The molecule has 0 fully saturated rings. The molecule has 1 aromatic carbocycles. The van der Waals surface area contributed by atoms with Gasteiger partial charge < -0.3 is 19.5 Å². The predicted molar refractivity (Wildman–Crippen MR) is 81.6 cm³/mol. The summed E-state index contributed by atoms with van der Waals surface area (Å²) < 4.78 is 16.4. The van der Waals surface area contributed by atoms with Crippen LogP contribution >= 0.6 is 0 Å². The predicted octanol–water partition coefficient (Wildman–Crippen LogP) is 3.00. The SMILES string of the molecule is CCOCCCOc1cc(CNC(C)C)ccc1OC. The molecule has 0 heterocycles. The first-order valence-electron chi connectivity index (χ1n) is 7.28. The van der Waals surface area contributed by atoms with Crippen molar-refractivity contribution in [1.82, 2.24) is 5.32 Å². The molecule has 4 heteroatoms. The third kappa shape index (κ3) is 6.26. The van der Waals surface area contributed by atoms with Crippen molar-refractivity contribution in [3.63, 3.8) is 0 Å². The minimum atomic E-state index is 0.465. The molecule has 0 atom stereocenters. The van der Waals surface area contributed by atoms with Crippen LogP contribution in [-0.2, 0) is 11.3 Å². The second-order valence-electron chi connectivity index (χ2n) is 4.92. The van der Waals surface area contributed by atoms with Gasteiger partial charge in [-0.15, -0.1) is 0 Å². The Labute approximate surface area is 122 Å². The van der Waals surface area contributed by atoms with Crippen LogP contribution in [0.25, 0.3) is 0 Å². The van der Waals surface area contributed by atoms with Gasteiger partial charge in [0, 0.05) is 32.2 Å². The van der Waals surface area contributed by atoms with E-state index in [9.17, 15) is 0 Å². The van der Waals surface area contributed by atoms with Gasteiger partial charge in [-0.3, -0.25) is 0 Å². The van der Waals surface area contributed by atoms with Gasteiger partial charge in [0.25, 0.3) is 0 Å². The first-order valence-corrected chi connectivity index (χ1v) is 7.28. The second kappa shape index (κ2) is 9.61. The number of hydrogen-bond donors (Lipinski definition) is 1. The van der Waals surface area contributed by atoms with Gasteiger partial charge in [-0.2, -0.15) is 0 Å². The zero-order chi connectivity index (χ0) is 14.8. The van der Waals surface area contributed by atoms with Crippen molar-refractivity contribution < 1.29 is 14.2 Å². The van der Waals surface area contributed by atoms with Gasteiger partial charge in [0.05, 0.1) is 13.7 Å². The van der Waals surface area contributed by atoms with Crippen molar-refractivity contribution in [2.75, 3.05) is 26.9 Å². The summed E-state index contributed by atoms with van der Waals surface area (Å²) in [6, 6.07) is 6.51. The van der Waals surface area contributed by atoms with Crippen molar-refractivity contribution in [2.45, 2.75) is 39.8 Å². The normalized spacial score (nSPS) is 10.8. The Bertz CT molecular complexity index is 380. The molecule has 1 aromatic rings. The molecule has 1 N–H and O–H groups in total. The summed E-state index contributed by atoms with van der Waals surface area (Å²) in [5.74, 6) is 1.57. The van der Waals surface area contributed by atoms with Crippen LogP contribution in [0.1, 0.15) is 32.8 Å². The van der Waals surface area contributed by atoms with Crippen molar-refractivity contribution >= 4 is 0 Å². The van der Waals surface area contributed by atoms with E-state index >= 15 is 0 Å². The molecule has 0 radical (unpaired) electrons. The molecule has 0 aliphatic rings. The number of hydrogen-bond acceptors (Lipinski definition) is 4. The molecule has 1 rings (SSSR count). The van der Waals surface area contributed by atoms with E-state index in [0.717, 1.165) is 37.7 Å². The van der Waals surface area contributed by atoms with Crippen molar-refractivity contribution in [1.29, 1.82) is 0 Å². The van der Waals surface area contributed by atoms with E-state index in [-0.39, 0.29) is 0 Å². The Balaban J connectivity index is 2.54. The van der Waals surface area contributed by atoms with Gasteiger partial charge in [0.15, 0.2) is 11.5 Å². The maximum absolute atomic E-state index is 5.79. The topological polar surface area (TPSA) is 39.7 Å². The summed E-state index contributed by atoms with van der Waals surface area (Å²) in [5, 5.41) is 3.39. The highest BCUT2D eigenvalue weighted by Crippen LogP contribution is 2.28. The van der Waals surface area contributed by atoms with Gasteiger partial charge in [-0.1, -0.05) is 19.9 Å². The highest BCUT2D eigenvalue weighted by molar-refractivity contribution is 5.42. The molecule has 0 bridgehead atoms. The molecule has 4 nitrogen and oxygen atoms in total. The summed E-state index contributed by atoms with van der Waals surface area (Å²) >= 11 is 0. The lowest BCUT2D eigenvalue weighted by molar-refractivity contribution is 0.130. The number of ether oxygens (including phenoxy) is 3. The molecule has 0 aliphatic heterocycles. The lowest BCUT2D eigenvalue weighted by atomic mass is 10.2. The largest absolute Gasteiger partial charge is 0.493 e. The van der Waals surface area contributed by atoms with Crippen LogP contribution in [0.5, 0.6) is 11.5 Å². The lowest BCUT2D eigenvalue weighted by Gasteiger charge is -2.13. The molecule has 0 aliphatic carbocycles. The van der Waals surface area contributed by atoms with Crippen LogP contribution in [0.4, 0.5) is 0 Å². The maximum Gasteiger partial charge on any atom is 0.161 e. The van der Waals surface area contributed by atoms with E-state index in [0.29, 0.717) is 12.6 Å². The van der Waals surface area contributed by atoms with Gasteiger partial charge in [-0.05, 0) is 24.6 Å². The molecular weight excluding hydrogens is 254 g/mol. The quantitative estimate of drug-likeness (QED) is 0.669. The van der Waals surface area contributed by atoms with E-state index in [2.05, 4.69) is 25.2 Å². The average molecular weight is 281 g/mol. The minimum absolute atomic E-state index is 0.465. The van der Waals surface area contributed by atoms with Crippen LogP contribution in [0, 0.1) is 0 Å². The molecule has 0 saturated heterocycles. The highest BCUT2D eigenvalue weighted by atomic mass is 16.5. The van der Waals surface area contributed by atoms with Crippen LogP contribution in [-0.4, -0.2) is 33.0 Å². The Hall–Kier alpha value is -1.26. The first kappa shape index (κ1) is 16.8. The van der Waals surface area contributed by atoms with E-state index < -0.39 is 0 Å². The van der Waals surface area contributed by atoms with Gasteiger partial charge >= 0.3 is 0 Å². The molecule has 114 valence electrons. The van der Waals surface area contributed by atoms with Crippen molar-refractivity contribution in [3.8, 4) is 11.5 Å². The van der Waals surface area contributed by atoms with E-state index in [1.54, 1.807) is 7.11 Å². The second-order valence-corrected chi connectivity index (χ2v) is 4.92. The number of benzene rings is 1. The number of rotatable bonds is 10. The maximum atomic E-state index is 5.79.